The molecule has 3 rings (SSSR count). The molecule has 0 saturated carbocycles. The monoisotopic (exact) mass is 209 g/mol. The largest absolute Gasteiger partial charge is 0.257 e. The average molecular weight is 209 g/mol. The average Bonchev–Trinajstić information content (AvgIpc) is 2.80. The zero-order valence-corrected chi connectivity index (χ0v) is 8.46. The summed E-state index contributed by atoms with van der Waals surface area (Å²) in [5.41, 5.74) is 3.44. The Balaban J connectivity index is 2.04. The molecule has 1 radical (unpaired) electrons. The highest BCUT2D eigenvalue weighted by atomic mass is 15.3. The van der Waals surface area contributed by atoms with E-state index in [1.54, 1.807) is 0 Å². The number of benzene rings is 2. The number of hydrogen-bond donors (Lipinski definition) is 1. The number of hydrogen-bond acceptors (Lipinski definition) is 2. The van der Waals surface area contributed by atoms with Gasteiger partial charge in [0, 0.05) is 0 Å². The molecule has 1 N–H and O–H groups in total. The van der Waals surface area contributed by atoms with Crippen LogP contribution < -0.4 is 5.32 Å². The summed E-state index contributed by atoms with van der Waals surface area (Å²) < 4.78 is 0. The van der Waals surface area contributed by atoms with Gasteiger partial charge in [0.05, 0.1) is 16.9 Å². The second-order valence-corrected chi connectivity index (χ2v) is 3.43. The first-order chi connectivity index (χ1) is 7.93. The molecule has 0 bridgehead atoms. The van der Waals surface area contributed by atoms with Gasteiger partial charge in [-0.15, -0.1) is 5.10 Å². The van der Waals surface area contributed by atoms with E-state index in [1.165, 1.54) is 0 Å². The molecular weight excluding hydrogens is 200 g/mol. The highest BCUT2D eigenvalue weighted by molar-refractivity contribution is 5.86. The third-order valence-corrected chi connectivity index (χ3v) is 2.34. The normalized spacial score (nSPS) is 10.5. The lowest BCUT2D eigenvalue weighted by Gasteiger charge is -2.02. The first kappa shape index (κ1) is 8.91. The first-order valence-corrected chi connectivity index (χ1v) is 5.00. The van der Waals surface area contributed by atoms with Crippen LogP contribution in [-0.4, -0.2) is 15.4 Å². The molecule has 16 heavy (non-hydrogen) atoms. The van der Waals surface area contributed by atoms with Crippen LogP contribution in [0.2, 0.25) is 0 Å². The first-order valence-electron chi connectivity index (χ1n) is 5.00. The van der Waals surface area contributed by atoms with Gasteiger partial charge in [-0.05, 0) is 24.3 Å². The number of H-pyrrole nitrogens is 1. The summed E-state index contributed by atoms with van der Waals surface area (Å²) in [5.74, 6) is 0. The van der Waals surface area contributed by atoms with E-state index in [2.05, 4.69) is 20.7 Å². The second-order valence-electron chi connectivity index (χ2n) is 3.43. The van der Waals surface area contributed by atoms with Crippen LogP contribution in [0, 0.1) is 0 Å². The van der Waals surface area contributed by atoms with E-state index in [9.17, 15) is 0 Å². The van der Waals surface area contributed by atoms with Crippen molar-refractivity contribution < 1.29 is 0 Å². The van der Waals surface area contributed by atoms with Gasteiger partial charge < -0.3 is 0 Å². The number of aromatic amines is 1. The quantitative estimate of drug-likeness (QED) is 0.705. The van der Waals surface area contributed by atoms with Crippen molar-refractivity contribution in [2.45, 2.75) is 0 Å². The van der Waals surface area contributed by atoms with Gasteiger partial charge in [0.2, 0.25) is 0 Å². The van der Waals surface area contributed by atoms with E-state index in [1.807, 2.05) is 48.5 Å². The van der Waals surface area contributed by atoms with E-state index in [-0.39, 0.29) is 0 Å². The number of fused-ring (bicyclic) bond motifs is 1. The van der Waals surface area contributed by atoms with Crippen molar-refractivity contribution in [3.63, 3.8) is 0 Å². The molecule has 4 heteroatoms. The highest BCUT2D eigenvalue weighted by Gasteiger charge is 2.05. The minimum absolute atomic E-state index is 0.798. The molecule has 0 unspecified atom stereocenters. The Labute approximate surface area is 92.3 Å². The molecule has 0 atom stereocenters. The van der Waals surface area contributed by atoms with E-state index in [0.29, 0.717) is 0 Å². The lowest BCUT2D eigenvalue weighted by molar-refractivity contribution is 0.958. The number of nitrogens with one attached hydrogen (secondary N) is 1. The van der Waals surface area contributed by atoms with Crippen molar-refractivity contribution >= 4 is 22.4 Å². The van der Waals surface area contributed by atoms with E-state index >= 15 is 0 Å². The molecule has 0 aliphatic heterocycles. The minimum Gasteiger partial charge on any atom is -0.257 e. The predicted octanol–water partition coefficient (Wildman–Crippen LogP) is 2.53. The second kappa shape index (κ2) is 3.66. The fraction of sp³-hybridized carbons (Fsp3) is 0. The Morgan fingerprint density at radius 2 is 1.81 bits per heavy atom. The molecule has 0 amide bonds. The maximum atomic E-state index is 4.52. The van der Waals surface area contributed by atoms with Crippen molar-refractivity contribution in [2.75, 3.05) is 0 Å². The van der Waals surface area contributed by atoms with E-state index in [4.69, 9.17) is 0 Å². The summed E-state index contributed by atoms with van der Waals surface area (Å²) in [5, 5.41) is 15.1. The van der Waals surface area contributed by atoms with Crippen molar-refractivity contribution in [1.82, 2.24) is 20.7 Å². The molecule has 2 aromatic carbocycles. The van der Waals surface area contributed by atoms with Crippen LogP contribution in [0.25, 0.3) is 11.0 Å². The Morgan fingerprint density at radius 3 is 2.69 bits per heavy atom. The van der Waals surface area contributed by atoms with Gasteiger partial charge in [0.1, 0.15) is 5.52 Å². The van der Waals surface area contributed by atoms with Gasteiger partial charge in [-0.1, -0.05) is 29.5 Å². The molecule has 3 aromatic rings. The SMILES string of the molecule is c1ccc([N]c2cccc3[nH]nnc23)cc1. The van der Waals surface area contributed by atoms with Gasteiger partial charge in [-0.25, -0.2) is 5.32 Å². The molecular formula is C12H9N4. The predicted molar refractivity (Wildman–Crippen MR) is 61.8 cm³/mol. The van der Waals surface area contributed by atoms with Crippen molar-refractivity contribution in [1.29, 1.82) is 0 Å². The van der Waals surface area contributed by atoms with Crippen molar-refractivity contribution in [2.24, 2.45) is 0 Å². The van der Waals surface area contributed by atoms with Gasteiger partial charge in [-0.3, -0.25) is 5.10 Å². The Bertz CT molecular complexity index is 600. The highest BCUT2D eigenvalue weighted by Crippen LogP contribution is 2.23. The van der Waals surface area contributed by atoms with Gasteiger partial charge in [-0.2, -0.15) is 0 Å². The minimum atomic E-state index is 0.798. The fourth-order valence-corrected chi connectivity index (χ4v) is 1.59. The molecule has 0 aliphatic carbocycles. The number of aromatic nitrogens is 3. The summed E-state index contributed by atoms with van der Waals surface area (Å²) in [7, 11) is 0. The Kier molecular flexibility index (Phi) is 2.04. The maximum Gasteiger partial charge on any atom is 0.138 e. The molecule has 4 nitrogen and oxygen atoms in total. The molecule has 0 aliphatic rings. The molecule has 77 valence electrons. The zero-order valence-electron chi connectivity index (χ0n) is 8.46. The number of rotatable bonds is 2. The summed E-state index contributed by atoms with van der Waals surface area (Å²) in [6, 6.07) is 15.6. The summed E-state index contributed by atoms with van der Waals surface area (Å²) in [6.07, 6.45) is 0. The fourth-order valence-electron chi connectivity index (χ4n) is 1.59. The van der Waals surface area contributed by atoms with Gasteiger partial charge in [0.15, 0.2) is 0 Å². The van der Waals surface area contributed by atoms with Gasteiger partial charge >= 0.3 is 0 Å². The Morgan fingerprint density at radius 1 is 0.938 bits per heavy atom. The molecule has 0 saturated heterocycles. The summed E-state index contributed by atoms with van der Waals surface area (Å²) in [6.45, 7) is 0. The number of nitrogens with zero attached hydrogens (tertiary/aromatic N) is 3. The molecule has 1 heterocycles. The number of para-hydroxylation sites is 1. The molecule has 0 spiro atoms. The van der Waals surface area contributed by atoms with E-state index < -0.39 is 0 Å². The van der Waals surface area contributed by atoms with Crippen molar-refractivity contribution in [3.05, 3.63) is 48.5 Å². The van der Waals surface area contributed by atoms with Gasteiger partial charge in [0.25, 0.3) is 0 Å². The smallest absolute Gasteiger partial charge is 0.138 e. The van der Waals surface area contributed by atoms with Crippen molar-refractivity contribution in [3.8, 4) is 0 Å². The maximum absolute atomic E-state index is 4.52. The third-order valence-electron chi connectivity index (χ3n) is 2.34. The van der Waals surface area contributed by atoms with Crippen LogP contribution in [0.15, 0.2) is 48.5 Å². The summed E-state index contributed by atoms with van der Waals surface area (Å²) in [4.78, 5) is 0. The lowest BCUT2D eigenvalue weighted by atomic mass is 10.2. The zero-order chi connectivity index (χ0) is 10.8. The van der Waals surface area contributed by atoms with Crippen LogP contribution in [0.4, 0.5) is 11.4 Å². The van der Waals surface area contributed by atoms with E-state index in [0.717, 1.165) is 22.4 Å². The van der Waals surface area contributed by atoms with Crippen LogP contribution in [-0.2, 0) is 0 Å². The lowest BCUT2D eigenvalue weighted by Crippen LogP contribution is -1.89. The van der Waals surface area contributed by atoms with Crippen LogP contribution in [0.3, 0.4) is 0 Å². The third kappa shape index (κ3) is 1.50. The topological polar surface area (TPSA) is 55.7 Å². The molecule has 1 aromatic heterocycles. The molecule has 0 fully saturated rings. The standard InChI is InChI=1S/C12H9N4/c1-2-5-9(6-3-1)13-10-7-4-8-11-12(10)15-16-14-11/h1-8H,(H,14,15,16). The van der Waals surface area contributed by atoms with Crippen LogP contribution >= 0.6 is 0 Å². The van der Waals surface area contributed by atoms with Crippen LogP contribution in [0.1, 0.15) is 0 Å². The Hall–Kier alpha value is -2.36. The van der Waals surface area contributed by atoms with Crippen LogP contribution in [0.5, 0.6) is 0 Å². The summed E-state index contributed by atoms with van der Waals surface area (Å²) >= 11 is 0.